The largest absolute Gasteiger partial charge is 0.352 e. The van der Waals surface area contributed by atoms with Gasteiger partial charge >= 0.3 is 0 Å². The molecule has 0 heterocycles. The van der Waals surface area contributed by atoms with Gasteiger partial charge in [0.05, 0.1) is 5.92 Å². The van der Waals surface area contributed by atoms with Crippen LogP contribution in [0.2, 0.25) is 0 Å². The summed E-state index contributed by atoms with van der Waals surface area (Å²) in [4.78, 5) is 11.9. The molecule has 0 saturated carbocycles. The third-order valence-electron chi connectivity index (χ3n) is 2.78. The second-order valence-corrected chi connectivity index (χ2v) is 5.35. The predicted octanol–water partition coefficient (Wildman–Crippen LogP) is 2.30. The summed E-state index contributed by atoms with van der Waals surface area (Å²) < 4.78 is 1.04. The van der Waals surface area contributed by atoms with E-state index in [9.17, 15) is 4.79 Å². The molecule has 0 aliphatic heterocycles. The molecule has 1 rings (SSSR count). The molecule has 3 nitrogen and oxygen atoms in total. The monoisotopic (exact) mass is 298 g/mol. The van der Waals surface area contributed by atoms with E-state index in [1.165, 1.54) is 0 Å². The number of hydrogen-bond acceptors (Lipinski definition) is 2. The van der Waals surface area contributed by atoms with Crippen molar-refractivity contribution in [3.63, 3.8) is 0 Å². The fourth-order valence-corrected chi connectivity index (χ4v) is 1.87. The fraction of sp³-hybridized carbons (Fsp3) is 0.462. The summed E-state index contributed by atoms with van der Waals surface area (Å²) in [7, 11) is 0. The molecule has 0 bridgehead atoms. The van der Waals surface area contributed by atoms with Gasteiger partial charge in [-0.1, -0.05) is 41.9 Å². The van der Waals surface area contributed by atoms with Crippen LogP contribution in [-0.2, 0) is 11.3 Å². The van der Waals surface area contributed by atoms with Gasteiger partial charge in [0.2, 0.25) is 5.91 Å². The molecule has 1 atom stereocenters. The molecule has 0 spiro atoms. The zero-order valence-corrected chi connectivity index (χ0v) is 11.8. The molecule has 3 N–H and O–H groups in total. The van der Waals surface area contributed by atoms with Crippen LogP contribution in [0.15, 0.2) is 28.7 Å². The Morgan fingerprint density at radius 2 is 1.94 bits per heavy atom. The number of rotatable bonds is 5. The SMILES string of the molecule is CC(C)C(CN)C(=O)NCc1ccc(Br)cc1. The topological polar surface area (TPSA) is 55.1 Å². The van der Waals surface area contributed by atoms with Crippen LogP contribution in [0.1, 0.15) is 19.4 Å². The van der Waals surface area contributed by atoms with Crippen molar-refractivity contribution in [2.45, 2.75) is 20.4 Å². The summed E-state index contributed by atoms with van der Waals surface area (Å²) in [5.74, 6) is 0.195. The van der Waals surface area contributed by atoms with E-state index >= 15 is 0 Å². The smallest absolute Gasteiger partial charge is 0.224 e. The summed E-state index contributed by atoms with van der Waals surface area (Å²) in [5, 5.41) is 2.92. The predicted molar refractivity (Wildman–Crippen MR) is 73.4 cm³/mol. The number of hydrogen-bond donors (Lipinski definition) is 2. The minimum Gasteiger partial charge on any atom is -0.352 e. The molecule has 1 amide bonds. The first kappa shape index (κ1) is 14.2. The van der Waals surface area contributed by atoms with Gasteiger partial charge in [-0.3, -0.25) is 4.79 Å². The summed E-state index contributed by atoms with van der Waals surface area (Å²) in [6.45, 7) is 4.96. The van der Waals surface area contributed by atoms with Crippen molar-refractivity contribution in [3.8, 4) is 0 Å². The molecule has 0 radical (unpaired) electrons. The average molecular weight is 299 g/mol. The first-order valence-corrected chi connectivity index (χ1v) is 6.56. The zero-order valence-electron chi connectivity index (χ0n) is 10.2. The maximum absolute atomic E-state index is 11.9. The molecule has 0 aliphatic carbocycles. The van der Waals surface area contributed by atoms with E-state index in [2.05, 4.69) is 21.2 Å². The summed E-state index contributed by atoms with van der Waals surface area (Å²) in [5.41, 5.74) is 6.68. The lowest BCUT2D eigenvalue weighted by Gasteiger charge is -2.18. The van der Waals surface area contributed by atoms with Crippen molar-refractivity contribution < 1.29 is 4.79 Å². The van der Waals surface area contributed by atoms with Gasteiger partial charge < -0.3 is 11.1 Å². The number of amides is 1. The first-order valence-electron chi connectivity index (χ1n) is 5.76. The van der Waals surface area contributed by atoms with Gasteiger partial charge in [0.1, 0.15) is 0 Å². The van der Waals surface area contributed by atoms with Crippen molar-refractivity contribution in [1.82, 2.24) is 5.32 Å². The lowest BCUT2D eigenvalue weighted by Crippen LogP contribution is -2.37. The molecule has 17 heavy (non-hydrogen) atoms. The molecule has 94 valence electrons. The van der Waals surface area contributed by atoms with Gasteiger partial charge in [-0.25, -0.2) is 0 Å². The standard InChI is InChI=1S/C13H19BrN2O/c1-9(2)12(7-15)13(17)16-8-10-3-5-11(14)6-4-10/h3-6,9,12H,7-8,15H2,1-2H3,(H,16,17). The Morgan fingerprint density at radius 3 is 2.41 bits per heavy atom. The van der Waals surface area contributed by atoms with Crippen LogP contribution < -0.4 is 11.1 Å². The van der Waals surface area contributed by atoms with Gasteiger partial charge in [-0.15, -0.1) is 0 Å². The van der Waals surface area contributed by atoms with E-state index in [0.29, 0.717) is 13.1 Å². The number of benzene rings is 1. The van der Waals surface area contributed by atoms with Gasteiger partial charge in [-0.05, 0) is 23.6 Å². The fourth-order valence-electron chi connectivity index (χ4n) is 1.60. The molecular weight excluding hydrogens is 280 g/mol. The van der Waals surface area contributed by atoms with Crippen molar-refractivity contribution in [3.05, 3.63) is 34.3 Å². The van der Waals surface area contributed by atoms with Crippen LogP contribution in [-0.4, -0.2) is 12.5 Å². The highest BCUT2D eigenvalue weighted by molar-refractivity contribution is 9.10. The maximum Gasteiger partial charge on any atom is 0.224 e. The Hall–Kier alpha value is -0.870. The molecule has 0 saturated heterocycles. The van der Waals surface area contributed by atoms with E-state index < -0.39 is 0 Å². The van der Waals surface area contributed by atoms with E-state index in [1.807, 2.05) is 38.1 Å². The Labute approximate surface area is 111 Å². The Balaban J connectivity index is 2.50. The van der Waals surface area contributed by atoms with Gasteiger partial charge in [0, 0.05) is 17.6 Å². The summed E-state index contributed by atoms with van der Waals surface area (Å²) in [6, 6.07) is 7.89. The summed E-state index contributed by atoms with van der Waals surface area (Å²) in [6.07, 6.45) is 0. The minimum absolute atomic E-state index is 0.0328. The van der Waals surface area contributed by atoms with Crippen molar-refractivity contribution in [2.75, 3.05) is 6.54 Å². The van der Waals surface area contributed by atoms with E-state index in [4.69, 9.17) is 5.73 Å². The van der Waals surface area contributed by atoms with Gasteiger partial charge in [-0.2, -0.15) is 0 Å². The third kappa shape index (κ3) is 4.48. The van der Waals surface area contributed by atoms with E-state index in [1.54, 1.807) is 0 Å². The van der Waals surface area contributed by atoms with Crippen LogP contribution in [0.4, 0.5) is 0 Å². The van der Waals surface area contributed by atoms with E-state index in [0.717, 1.165) is 10.0 Å². The lowest BCUT2D eigenvalue weighted by atomic mass is 9.95. The number of carbonyl (C=O) groups excluding carboxylic acids is 1. The van der Waals surface area contributed by atoms with Gasteiger partial charge in [0.15, 0.2) is 0 Å². The quantitative estimate of drug-likeness (QED) is 0.876. The molecule has 0 fully saturated rings. The van der Waals surface area contributed by atoms with Crippen molar-refractivity contribution in [1.29, 1.82) is 0 Å². The van der Waals surface area contributed by atoms with Crippen LogP contribution in [0.25, 0.3) is 0 Å². The lowest BCUT2D eigenvalue weighted by molar-refractivity contribution is -0.126. The Bertz CT molecular complexity index is 362. The number of halogens is 1. The zero-order chi connectivity index (χ0) is 12.8. The molecule has 1 aromatic carbocycles. The highest BCUT2D eigenvalue weighted by Gasteiger charge is 2.19. The van der Waals surface area contributed by atoms with Crippen LogP contribution in [0.5, 0.6) is 0 Å². The number of nitrogens with two attached hydrogens (primary N) is 1. The second-order valence-electron chi connectivity index (χ2n) is 4.43. The third-order valence-corrected chi connectivity index (χ3v) is 3.30. The van der Waals surface area contributed by atoms with Crippen LogP contribution in [0.3, 0.4) is 0 Å². The van der Waals surface area contributed by atoms with Crippen LogP contribution in [0, 0.1) is 11.8 Å². The highest BCUT2D eigenvalue weighted by Crippen LogP contribution is 2.12. The summed E-state index contributed by atoms with van der Waals surface area (Å²) >= 11 is 3.38. The van der Waals surface area contributed by atoms with Crippen molar-refractivity contribution in [2.24, 2.45) is 17.6 Å². The first-order chi connectivity index (χ1) is 8.04. The molecule has 0 aromatic heterocycles. The van der Waals surface area contributed by atoms with Crippen LogP contribution >= 0.6 is 15.9 Å². The number of nitrogens with one attached hydrogen (secondary N) is 1. The second kappa shape index (κ2) is 6.77. The molecule has 1 aromatic rings. The minimum atomic E-state index is -0.106. The van der Waals surface area contributed by atoms with Gasteiger partial charge in [0.25, 0.3) is 0 Å². The highest BCUT2D eigenvalue weighted by atomic mass is 79.9. The average Bonchev–Trinajstić information content (AvgIpc) is 2.28. The Morgan fingerprint density at radius 1 is 1.35 bits per heavy atom. The molecule has 1 unspecified atom stereocenters. The normalized spacial score (nSPS) is 12.5. The molecule has 0 aliphatic rings. The molecule has 4 heteroatoms. The molecular formula is C13H19BrN2O. The van der Waals surface area contributed by atoms with Crippen molar-refractivity contribution >= 4 is 21.8 Å². The van der Waals surface area contributed by atoms with E-state index in [-0.39, 0.29) is 17.7 Å². The number of carbonyl (C=O) groups is 1. The Kier molecular flexibility index (Phi) is 5.65. The maximum atomic E-state index is 11.9.